The molecule has 6 rings (SSSR count). The third kappa shape index (κ3) is 1.80. The first kappa shape index (κ1) is 13.9. The van der Waals surface area contributed by atoms with Gasteiger partial charge in [0, 0.05) is 10.8 Å². The fourth-order valence-corrected chi connectivity index (χ4v) is 4.41. The second-order valence-electron chi connectivity index (χ2n) is 6.94. The zero-order chi connectivity index (χ0) is 17.1. The van der Waals surface area contributed by atoms with Gasteiger partial charge in [0.05, 0.1) is 0 Å². The van der Waals surface area contributed by atoms with Gasteiger partial charge in [-0.2, -0.15) is 0 Å². The van der Waals surface area contributed by atoms with Gasteiger partial charge < -0.3 is 4.42 Å². The molecule has 26 heavy (non-hydrogen) atoms. The summed E-state index contributed by atoms with van der Waals surface area (Å²) in [4.78, 5) is 0. The Bertz CT molecular complexity index is 1310. The number of hydrogen-bond donors (Lipinski definition) is 0. The maximum Gasteiger partial charge on any atom is 0.136 e. The second kappa shape index (κ2) is 5.09. The maximum absolute atomic E-state index is 6.10. The topological polar surface area (TPSA) is 13.1 Å². The average Bonchev–Trinajstić information content (AvgIpc) is 3.26. The Kier molecular flexibility index (Phi) is 2.72. The number of fused-ring (bicyclic) bond motifs is 6. The van der Waals surface area contributed by atoms with Crippen molar-refractivity contribution in [2.24, 2.45) is 0 Å². The summed E-state index contributed by atoms with van der Waals surface area (Å²) in [5.74, 6) is 0. The smallest absolute Gasteiger partial charge is 0.136 e. The summed E-state index contributed by atoms with van der Waals surface area (Å²) in [7, 11) is 0. The first-order valence-electron chi connectivity index (χ1n) is 9.01. The van der Waals surface area contributed by atoms with Crippen LogP contribution in [0.5, 0.6) is 0 Å². The van der Waals surface area contributed by atoms with Crippen LogP contribution in [0.3, 0.4) is 0 Å². The number of para-hydroxylation sites is 1. The highest BCUT2D eigenvalue weighted by molar-refractivity contribution is 6.13. The SMILES string of the molecule is c1ccc2c(c1)Cc1c-2cccc1-c1cccc2oc3ccccc3c12. The summed E-state index contributed by atoms with van der Waals surface area (Å²) in [6.45, 7) is 0. The van der Waals surface area contributed by atoms with E-state index in [1.54, 1.807) is 0 Å². The molecule has 0 fully saturated rings. The maximum atomic E-state index is 6.10. The molecule has 0 saturated carbocycles. The highest BCUT2D eigenvalue weighted by atomic mass is 16.3. The van der Waals surface area contributed by atoms with E-state index in [4.69, 9.17) is 4.42 Å². The average molecular weight is 332 g/mol. The molecule has 0 atom stereocenters. The van der Waals surface area contributed by atoms with Crippen molar-refractivity contribution in [3.63, 3.8) is 0 Å². The Morgan fingerprint density at radius 1 is 0.538 bits per heavy atom. The van der Waals surface area contributed by atoms with E-state index in [-0.39, 0.29) is 0 Å². The summed E-state index contributed by atoms with van der Waals surface area (Å²) in [5, 5.41) is 2.40. The fourth-order valence-electron chi connectivity index (χ4n) is 4.41. The Morgan fingerprint density at radius 3 is 2.15 bits per heavy atom. The number of benzene rings is 4. The summed E-state index contributed by atoms with van der Waals surface area (Å²) in [6.07, 6.45) is 0.994. The van der Waals surface area contributed by atoms with Crippen molar-refractivity contribution in [1.82, 2.24) is 0 Å². The molecule has 1 aliphatic carbocycles. The molecule has 1 aromatic heterocycles. The molecule has 0 spiro atoms. The van der Waals surface area contributed by atoms with Crippen LogP contribution in [0.2, 0.25) is 0 Å². The van der Waals surface area contributed by atoms with Gasteiger partial charge in [-0.05, 0) is 51.9 Å². The highest BCUT2D eigenvalue weighted by Gasteiger charge is 2.22. The van der Waals surface area contributed by atoms with Gasteiger partial charge in [-0.1, -0.05) is 72.8 Å². The van der Waals surface area contributed by atoms with E-state index < -0.39 is 0 Å². The first-order valence-corrected chi connectivity index (χ1v) is 9.01. The first-order chi connectivity index (χ1) is 12.9. The Labute approximate surface area is 151 Å². The molecule has 1 heteroatoms. The molecular formula is C25H16O. The molecule has 1 aliphatic rings. The molecule has 0 bridgehead atoms. The lowest BCUT2D eigenvalue weighted by atomic mass is 9.93. The normalized spacial score (nSPS) is 12.5. The van der Waals surface area contributed by atoms with Gasteiger partial charge in [0.1, 0.15) is 11.2 Å². The van der Waals surface area contributed by atoms with Gasteiger partial charge in [-0.25, -0.2) is 0 Å². The van der Waals surface area contributed by atoms with Gasteiger partial charge in [-0.15, -0.1) is 0 Å². The van der Waals surface area contributed by atoms with E-state index in [1.807, 2.05) is 12.1 Å². The summed E-state index contributed by atoms with van der Waals surface area (Å²) in [5.41, 5.74) is 10.1. The van der Waals surface area contributed by atoms with Crippen LogP contribution in [0.1, 0.15) is 11.1 Å². The van der Waals surface area contributed by atoms with Crippen LogP contribution >= 0.6 is 0 Å². The Morgan fingerprint density at radius 2 is 1.19 bits per heavy atom. The molecule has 122 valence electrons. The molecule has 1 heterocycles. The standard InChI is InChI=1S/C25H16O/c1-2-8-17-16(7-1)15-22-18(17)10-5-11-19(22)20-12-6-14-24-25(20)21-9-3-4-13-23(21)26-24/h1-14H,15H2. The minimum atomic E-state index is 0.950. The van der Waals surface area contributed by atoms with E-state index in [2.05, 4.69) is 72.8 Å². The predicted molar refractivity (Wildman–Crippen MR) is 107 cm³/mol. The quantitative estimate of drug-likeness (QED) is 0.322. The van der Waals surface area contributed by atoms with E-state index in [0.29, 0.717) is 0 Å². The van der Waals surface area contributed by atoms with Crippen molar-refractivity contribution in [3.05, 3.63) is 96.1 Å². The van der Waals surface area contributed by atoms with E-state index >= 15 is 0 Å². The van der Waals surface area contributed by atoms with Crippen molar-refractivity contribution in [1.29, 1.82) is 0 Å². The minimum Gasteiger partial charge on any atom is -0.456 e. The fraction of sp³-hybridized carbons (Fsp3) is 0.0400. The largest absolute Gasteiger partial charge is 0.456 e. The highest BCUT2D eigenvalue weighted by Crippen LogP contribution is 2.44. The zero-order valence-corrected chi connectivity index (χ0v) is 14.2. The van der Waals surface area contributed by atoms with Gasteiger partial charge in [0.15, 0.2) is 0 Å². The Hall–Kier alpha value is -3.32. The predicted octanol–water partition coefficient (Wildman–Crippen LogP) is 6.82. The molecule has 0 radical (unpaired) electrons. The minimum absolute atomic E-state index is 0.950. The van der Waals surface area contributed by atoms with Crippen LogP contribution in [0.4, 0.5) is 0 Å². The summed E-state index contributed by atoms with van der Waals surface area (Å²) in [6, 6.07) is 30.1. The molecule has 5 aromatic rings. The molecule has 0 unspecified atom stereocenters. The Balaban J connectivity index is 1.69. The van der Waals surface area contributed by atoms with E-state index in [9.17, 15) is 0 Å². The van der Waals surface area contributed by atoms with Crippen molar-refractivity contribution >= 4 is 21.9 Å². The number of furan rings is 1. The van der Waals surface area contributed by atoms with Gasteiger partial charge in [0.25, 0.3) is 0 Å². The molecule has 0 aliphatic heterocycles. The lowest BCUT2D eigenvalue weighted by Gasteiger charge is -2.10. The van der Waals surface area contributed by atoms with E-state index in [1.165, 1.54) is 44.2 Å². The molecule has 0 saturated heterocycles. The number of rotatable bonds is 1. The van der Waals surface area contributed by atoms with Crippen molar-refractivity contribution in [3.8, 4) is 22.3 Å². The lowest BCUT2D eigenvalue weighted by molar-refractivity contribution is 0.669. The van der Waals surface area contributed by atoms with Crippen molar-refractivity contribution in [2.45, 2.75) is 6.42 Å². The molecule has 4 aromatic carbocycles. The third-order valence-electron chi connectivity index (χ3n) is 5.54. The second-order valence-corrected chi connectivity index (χ2v) is 6.94. The van der Waals surface area contributed by atoms with Crippen LogP contribution in [-0.2, 0) is 6.42 Å². The van der Waals surface area contributed by atoms with Crippen LogP contribution in [-0.4, -0.2) is 0 Å². The van der Waals surface area contributed by atoms with E-state index in [0.717, 1.165) is 17.6 Å². The summed E-state index contributed by atoms with van der Waals surface area (Å²) >= 11 is 0. The summed E-state index contributed by atoms with van der Waals surface area (Å²) < 4.78 is 6.10. The van der Waals surface area contributed by atoms with Crippen LogP contribution in [0, 0.1) is 0 Å². The molecular weight excluding hydrogens is 316 g/mol. The van der Waals surface area contributed by atoms with Crippen molar-refractivity contribution in [2.75, 3.05) is 0 Å². The molecule has 1 nitrogen and oxygen atoms in total. The van der Waals surface area contributed by atoms with Gasteiger partial charge >= 0.3 is 0 Å². The van der Waals surface area contributed by atoms with Crippen LogP contribution in [0.25, 0.3) is 44.2 Å². The molecule has 0 N–H and O–H groups in total. The third-order valence-corrected chi connectivity index (χ3v) is 5.54. The monoisotopic (exact) mass is 332 g/mol. The lowest BCUT2D eigenvalue weighted by Crippen LogP contribution is -1.88. The van der Waals surface area contributed by atoms with Crippen LogP contribution < -0.4 is 0 Å². The number of hydrogen-bond acceptors (Lipinski definition) is 1. The van der Waals surface area contributed by atoms with Crippen LogP contribution in [0.15, 0.2) is 89.3 Å². The van der Waals surface area contributed by atoms with Crippen molar-refractivity contribution < 1.29 is 4.42 Å². The van der Waals surface area contributed by atoms with Gasteiger partial charge in [-0.3, -0.25) is 0 Å². The zero-order valence-electron chi connectivity index (χ0n) is 14.2. The molecule has 0 amide bonds. The van der Waals surface area contributed by atoms with Gasteiger partial charge in [0.2, 0.25) is 0 Å².